The molecule has 1 amide bonds. The van der Waals surface area contributed by atoms with Crippen LogP contribution >= 0.6 is 15.9 Å². The van der Waals surface area contributed by atoms with Gasteiger partial charge in [0.25, 0.3) is 15.9 Å². The number of fused-ring (bicyclic) bond motifs is 1. The molecular weight excluding hydrogens is 396 g/mol. The van der Waals surface area contributed by atoms with Crippen molar-refractivity contribution in [3.8, 4) is 5.75 Å². The number of amides is 1. The largest absolute Gasteiger partial charge is 0.482 e. The third kappa shape index (κ3) is 3.39. The number of nitrogens with one attached hydrogen (secondary N) is 2. The van der Waals surface area contributed by atoms with E-state index in [2.05, 4.69) is 26.0 Å². The van der Waals surface area contributed by atoms with Crippen LogP contribution in [0, 0.1) is 0 Å². The second kappa shape index (κ2) is 6.45. The van der Waals surface area contributed by atoms with Crippen LogP contribution in [-0.2, 0) is 21.2 Å². The molecule has 0 saturated carbocycles. The Morgan fingerprint density at radius 3 is 2.83 bits per heavy atom. The molecule has 1 heterocycles. The van der Waals surface area contributed by atoms with E-state index in [9.17, 15) is 13.2 Å². The van der Waals surface area contributed by atoms with E-state index in [1.54, 1.807) is 18.2 Å². The van der Waals surface area contributed by atoms with Crippen LogP contribution in [-0.4, -0.2) is 20.9 Å². The van der Waals surface area contributed by atoms with Gasteiger partial charge in [0.15, 0.2) is 6.61 Å². The predicted octanol–water partition coefficient (Wildman–Crippen LogP) is 3.14. The Labute approximate surface area is 148 Å². The van der Waals surface area contributed by atoms with Gasteiger partial charge in [0.05, 0.1) is 5.69 Å². The molecule has 1 aliphatic heterocycles. The summed E-state index contributed by atoms with van der Waals surface area (Å²) in [4.78, 5) is 11.4. The number of aryl methyl sites for hydroxylation is 1. The number of anilines is 2. The van der Waals surface area contributed by atoms with E-state index >= 15 is 0 Å². The molecule has 0 atom stereocenters. The number of ether oxygens (including phenoxy) is 1. The first-order valence-electron chi connectivity index (χ1n) is 7.27. The van der Waals surface area contributed by atoms with Crippen molar-refractivity contribution in [2.75, 3.05) is 16.6 Å². The molecule has 0 unspecified atom stereocenters. The lowest BCUT2D eigenvalue weighted by Gasteiger charge is -2.20. The molecule has 0 radical (unpaired) electrons. The highest BCUT2D eigenvalue weighted by Crippen LogP contribution is 2.36. The maximum Gasteiger partial charge on any atom is 0.263 e. The van der Waals surface area contributed by atoms with Gasteiger partial charge in [-0.3, -0.25) is 9.52 Å². The van der Waals surface area contributed by atoms with Crippen LogP contribution in [0.25, 0.3) is 0 Å². The monoisotopic (exact) mass is 410 g/mol. The molecule has 6 nitrogen and oxygen atoms in total. The smallest absolute Gasteiger partial charge is 0.263 e. The molecule has 0 saturated heterocycles. The number of hydrogen-bond acceptors (Lipinski definition) is 4. The summed E-state index contributed by atoms with van der Waals surface area (Å²) in [5, 5.41) is 2.63. The molecule has 24 heavy (non-hydrogen) atoms. The summed E-state index contributed by atoms with van der Waals surface area (Å²) in [6.45, 7) is 1.86. The minimum Gasteiger partial charge on any atom is -0.482 e. The summed E-state index contributed by atoms with van der Waals surface area (Å²) in [6.07, 6.45) is 0.811. The first-order chi connectivity index (χ1) is 11.4. The zero-order chi connectivity index (χ0) is 17.3. The van der Waals surface area contributed by atoms with E-state index in [1.807, 2.05) is 13.0 Å². The van der Waals surface area contributed by atoms with Crippen LogP contribution in [0.1, 0.15) is 12.5 Å². The normalized spacial score (nSPS) is 13.7. The minimum atomic E-state index is -3.81. The van der Waals surface area contributed by atoms with Gasteiger partial charge in [-0.2, -0.15) is 0 Å². The van der Waals surface area contributed by atoms with Gasteiger partial charge in [0.1, 0.15) is 10.6 Å². The zero-order valence-electron chi connectivity index (χ0n) is 12.8. The van der Waals surface area contributed by atoms with Crippen molar-refractivity contribution < 1.29 is 17.9 Å². The molecule has 1 aliphatic rings. The molecule has 0 spiro atoms. The summed E-state index contributed by atoms with van der Waals surface area (Å²) < 4.78 is 33.6. The van der Waals surface area contributed by atoms with Gasteiger partial charge in [-0.05, 0) is 46.1 Å². The molecule has 2 N–H and O–H groups in total. The van der Waals surface area contributed by atoms with E-state index in [4.69, 9.17) is 4.74 Å². The molecule has 0 aromatic heterocycles. The standard InChI is InChI=1S/C16H15BrN2O4S/c1-2-10-4-3-5-11(6-10)19-24(21,22)15-8-14-13(7-12(15)17)18-16(20)9-23-14/h3-8,19H,2,9H2,1H3,(H,18,20). The molecule has 2 aromatic rings. The number of carbonyl (C=O) groups is 1. The summed E-state index contributed by atoms with van der Waals surface area (Å²) in [7, 11) is -3.81. The Kier molecular flexibility index (Phi) is 4.51. The predicted molar refractivity (Wildman–Crippen MR) is 94.9 cm³/mol. The Balaban J connectivity index is 1.96. The van der Waals surface area contributed by atoms with Crippen molar-refractivity contribution in [3.63, 3.8) is 0 Å². The van der Waals surface area contributed by atoms with Crippen molar-refractivity contribution in [1.82, 2.24) is 0 Å². The summed E-state index contributed by atoms with van der Waals surface area (Å²) in [5.41, 5.74) is 1.96. The molecule has 2 aromatic carbocycles. The summed E-state index contributed by atoms with van der Waals surface area (Å²) >= 11 is 3.25. The summed E-state index contributed by atoms with van der Waals surface area (Å²) in [5.74, 6) is 0.0417. The third-order valence-electron chi connectivity index (χ3n) is 3.54. The van der Waals surface area contributed by atoms with Crippen molar-refractivity contribution >= 4 is 43.2 Å². The van der Waals surface area contributed by atoms with Crippen molar-refractivity contribution in [1.29, 1.82) is 0 Å². The van der Waals surface area contributed by atoms with Crippen LogP contribution in [0.5, 0.6) is 5.75 Å². The van der Waals surface area contributed by atoms with Crippen molar-refractivity contribution in [2.45, 2.75) is 18.2 Å². The fourth-order valence-corrected chi connectivity index (χ4v) is 4.46. The van der Waals surface area contributed by atoms with E-state index in [0.29, 0.717) is 21.6 Å². The number of halogens is 1. The van der Waals surface area contributed by atoms with Gasteiger partial charge >= 0.3 is 0 Å². The van der Waals surface area contributed by atoms with Gasteiger partial charge in [-0.15, -0.1) is 0 Å². The molecule has 3 rings (SSSR count). The number of benzene rings is 2. The van der Waals surface area contributed by atoms with E-state index in [0.717, 1.165) is 12.0 Å². The average molecular weight is 411 g/mol. The minimum absolute atomic E-state index is 0.0410. The molecule has 0 bridgehead atoms. The van der Waals surface area contributed by atoms with E-state index in [1.165, 1.54) is 12.1 Å². The zero-order valence-corrected chi connectivity index (χ0v) is 15.2. The number of carbonyl (C=O) groups excluding carboxylic acids is 1. The number of sulfonamides is 1. The van der Waals surface area contributed by atoms with Gasteiger partial charge < -0.3 is 10.1 Å². The number of rotatable bonds is 4. The first kappa shape index (κ1) is 16.8. The highest BCUT2D eigenvalue weighted by atomic mass is 79.9. The maximum absolute atomic E-state index is 12.7. The lowest BCUT2D eigenvalue weighted by molar-refractivity contribution is -0.118. The van der Waals surface area contributed by atoms with Crippen molar-refractivity contribution in [3.05, 3.63) is 46.4 Å². The van der Waals surface area contributed by atoms with Gasteiger partial charge in [-0.1, -0.05) is 19.1 Å². The third-order valence-corrected chi connectivity index (χ3v) is 5.88. The Hall–Kier alpha value is -2.06. The summed E-state index contributed by atoms with van der Waals surface area (Å²) in [6, 6.07) is 10.1. The molecule has 0 fully saturated rings. The molecular formula is C16H15BrN2O4S. The average Bonchev–Trinajstić information content (AvgIpc) is 2.53. The SMILES string of the molecule is CCc1cccc(NS(=O)(=O)c2cc3c(cc2Br)NC(=O)CO3)c1. The Morgan fingerprint density at radius 2 is 2.08 bits per heavy atom. The molecule has 8 heteroatoms. The first-order valence-corrected chi connectivity index (χ1v) is 9.54. The second-order valence-electron chi connectivity index (χ2n) is 5.28. The van der Waals surface area contributed by atoms with Crippen LogP contribution in [0.3, 0.4) is 0 Å². The Bertz CT molecular complexity index is 912. The van der Waals surface area contributed by atoms with Crippen molar-refractivity contribution in [2.24, 2.45) is 0 Å². The van der Waals surface area contributed by atoms with Crippen LogP contribution in [0.15, 0.2) is 45.8 Å². The van der Waals surface area contributed by atoms with E-state index in [-0.39, 0.29) is 17.4 Å². The molecule has 0 aliphatic carbocycles. The van der Waals surface area contributed by atoms with Crippen LogP contribution < -0.4 is 14.8 Å². The lowest BCUT2D eigenvalue weighted by atomic mass is 10.1. The number of hydrogen-bond donors (Lipinski definition) is 2. The fourth-order valence-electron chi connectivity index (χ4n) is 2.35. The lowest BCUT2D eigenvalue weighted by Crippen LogP contribution is -2.26. The fraction of sp³-hybridized carbons (Fsp3) is 0.188. The van der Waals surface area contributed by atoms with Gasteiger partial charge in [0.2, 0.25) is 0 Å². The van der Waals surface area contributed by atoms with Crippen LogP contribution in [0.2, 0.25) is 0 Å². The van der Waals surface area contributed by atoms with Gasteiger partial charge in [-0.25, -0.2) is 8.42 Å². The quantitative estimate of drug-likeness (QED) is 0.810. The highest BCUT2D eigenvalue weighted by Gasteiger charge is 2.24. The van der Waals surface area contributed by atoms with Crippen LogP contribution in [0.4, 0.5) is 11.4 Å². The second-order valence-corrected chi connectivity index (χ2v) is 7.78. The molecule has 126 valence electrons. The maximum atomic E-state index is 12.7. The Morgan fingerprint density at radius 1 is 1.29 bits per heavy atom. The highest BCUT2D eigenvalue weighted by molar-refractivity contribution is 9.10. The van der Waals surface area contributed by atoms with E-state index < -0.39 is 10.0 Å². The topological polar surface area (TPSA) is 84.5 Å². The van der Waals surface area contributed by atoms with Gasteiger partial charge in [0, 0.05) is 16.2 Å².